The van der Waals surface area contributed by atoms with E-state index in [1.807, 2.05) is 11.3 Å². The Morgan fingerprint density at radius 2 is 2.18 bits per heavy atom. The fourth-order valence-electron chi connectivity index (χ4n) is 2.46. The maximum atomic E-state index is 4.75. The van der Waals surface area contributed by atoms with Crippen LogP contribution in [0.15, 0.2) is 22.5 Å². The summed E-state index contributed by atoms with van der Waals surface area (Å²) < 4.78 is 0. The molecule has 1 aliphatic rings. The molecule has 2 N–H and O–H groups in total. The molecule has 1 heterocycles. The Balaban J connectivity index is 1.81. The van der Waals surface area contributed by atoms with Crippen molar-refractivity contribution in [3.63, 3.8) is 0 Å². The van der Waals surface area contributed by atoms with Gasteiger partial charge in [0.2, 0.25) is 0 Å². The largest absolute Gasteiger partial charge is 0.357 e. The first-order chi connectivity index (χ1) is 10.6. The molecular formula is C17H30N4S. The molecule has 0 aromatic carbocycles. The van der Waals surface area contributed by atoms with Gasteiger partial charge in [-0.1, -0.05) is 13.0 Å². The molecule has 0 aliphatic heterocycles. The Morgan fingerprint density at radius 1 is 1.41 bits per heavy atom. The van der Waals surface area contributed by atoms with Crippen LogP contribution in [0.2, 0.25) is 0 Å². The predicted octanol–water partition coefficient (Wildman–Crippen LogP) is 2.89. The second kappa shape index (κ2) is 8.53. The topological polar surface area (TPSA) is 39.7 Å². The second-order valence-corrected chi connectivity index (χ2v) is 7.24. The van der Waals surface area contributed by atoms with E-state index in [1.54, 1.807) is 0 Å². The summed E-state index contributed by atoms with van der Waals surface area (Å²) in [6.45, 7) is 9.28. The number of likely N-dealkylation sites (N-methyl/N-ethyl adjacent to an activating group) is 1. The van der Waals surface area contributed by atoms with Gasteiger partial charge in [0.1, 0.15) is 0 Å². The van der Waals surface area contributed by atoms with Crippen LogP contribution in [0.3, 0.4) is 0 Å². The van der Waals surface area contributed by atoms with Gasteiger partial charge < -0.3 is 10.6 Å². The Kier molecular flexibility index (Phi) is 6.70. The number of guanidine groups is 1. The van der Waals surface area contributed by atoms with Crippen molar-refractivity contribution in [2.24, 2.45) is 4.99 Å². The third-order valence-electron chi connectivity index (χ3n) is 4.28. The zero-order valence-electron chi connectivity index (χ0n) is 14.3. The summed E-state index contributed by atoms with van der Waals surface area (Å²) in [6, 6.07) is 5.61. The normalized spacial score (nSPS) is 18.3. The van der Waals surface area contributed by atoms with Crippen molar-refractivity contribution in [1.29, 1.82) is 0 Å². The molecule has 22 heavy (non-hydrogen) atoms. The van der Waals surface area contributed by atoms with Crippen LogP contribution in [-0.4, -0.2) is 49.6 Å². The lowest BCUT2D eigenvalue weighted by Gasteiger charge is -2.23. The van der Waals surface area contributed by atoms with E-state index >= 15 is 0 Å². The highest BCUT2D eigenvalue weighted by Gasteiger charge is 2.28. The van der Waals surface area contributed by atoms with Crippen molar-refractivity contribution < 1.29 is 0 Å². The number of nitrogens with zero attached hydrogens (tertiary/aromatic N) is 2. The lowest BCUT2D eigenvalue weighted by molar-refractivity contribution is 0.253. The summed E-state index contributed by atoms with van der Waals surface area (Å²) in [5, 5.41) is 8.96. The smallest absolute Gasteiger partial charge is 0.191 e. The molecule has 1 fully saturated rings. The maximum Gasteiger partial charge on any atom is 0.191 e. The standard InChI is InChI=1S/C17H30N4S/c1-5-18-17(19-11-13(2)16-7-6-10-22-16)20-12-14(3)21(4)15-8-9-15/h6-7,10,13-15H,5,8-9,11-12H2,1-4H3,(H2,18,19,20). The molecule has 0 spiro atoms. The summed E-state index contributed by atoms with van der Waals surface area (Å²) >= 11 is 1.82. The Morgan fingerprint density at radius 3 is 2.77 bits per heavy atom. The number of hydrogen-bond donors (Lipinski definition) is 2. The van der Waals surface area contributed by atoms with Crippen molar-refractivity contribution in [2.75, 3.05) is 26.7 Å². The van der Waals surface area contributed by atoms with E-state index in [0.717, 1.165) is 31.6 Å². The van der Waals surface area contributed by atoms with Crippen LogP contribution in [0.25, 0.3) is 0 Å². The number of rotatable bonds is 8. The van der Waals surface area contributed by atoms with E-state index in [0.29, 0.717) is 12.0 Å². The van der Waals surface area contributed by atoms with Crippen molar-refractivity contribution in [2.45, 2.75) is 51.6 Å². The molecule has 1 aliphatic carbocycles. The highest BCUT2D eigenvalue weighted by Crippen LogP contribution is 2.26. The van der Waals surface area contributed by atoms with Gasteiger partial charge in [0.25, 0.3) is 0 Å². The fourth-order valence-corrected chi connectivity index (χ4v) is 3.24. The molecular weight excluding hydrogens is 292 g/mol. The van der Waals surface area contributed by atoms with Crippen LogP contribution >= 0.6 is 11.3 Å². The van der Waals surface area contributed by atoms with Crippen molar-refractivity contribution in [3.05, 3.63) is 22.4 Å². The highest BCUT2D eigenvalue weighted by molar-refractivity contribution is 7.10. The Bertz CT molecular complexity index is 453. The second-order valence-electron chi connectivity index (χ2n) is 6.26. The van der Waals surface area contributed by atoms with Crippen LogP contribution in [0.1, 0.15) is 44.4 Å². The molecule has 124 valence electrons. The lowest BCUT2D eigenvalue weighted by atomic mass is 10.1. The quantitative estimate of drug-likeness (QED) is 0.571. The third-order valence-corrected chi connectivity index (χ3v) is 5.38. The zero-order chi connectivity index (χ0) is 15.9. The van der Waals surface area contributed by atoms with E-state index in [1.165, 1.54) is 17.7 Å². The minimum Gasteiger partial charge on any atom is -0.357 e. The van der Waals surface area contributed by atoms with Crippen molar-refractivity contribution in [1.82, 2.24) is 15.5 Å². The van der Waals surface area contributed by atoms with Gasteiger partial charge in [-0.15, -0.1) is 11.3 Å². The molecule has 2 unspecified atom stereocenters. The number of nitrogens with one attached hydrogen (secondary N) is 2. The summed E-state index contributed by atoms with van der Waals surface area (Å²) in [7, 11) is 2.22. The Labute approximate surface area is 139 Å². The number of thiophene rings is 1. The van der Waals surface area contributed by atoms with Crippen molar-refractivity contribution >= 4 is 17.3 Å². The van der Waals surface area contributed by atoms with Gasteiger partial charge in [-0.25, -0.2) is 0 Å². The number of aliphatic imine (C=N–C) groups is 1. The number of hydrogen-bond acceptors (Lipinski definition) is 3. The first-order valence-electron chi connectivity index (χ1n) is 8.39. The van der Waals surface area contributed by atoms with E-state index < -0.39 is 0 Å². The molecule has 2 rings (SSSR count). The molecule has 4 nitrogen and oxygen atoms in total. The van der Waals surface area contributed by atoms with Crippen LogP contribution in [0.4, 0.5) is 0 Å². The lowest BCUT2D eigenvalue weighted by Crippen LogP contribution is -2.40. The van der Waals surface area contributed by atoms with Gasteiger partial charge in [-0.2, -0.15) is 0 Å². The highest BCUT2D eigenvalue weighted by atomic mass is 32.1. The van der Waals surface area contributed by atoms with Gasteiger partial charge in [-0.05, 0) is 45.2 Å². The van der Waals surface area contributed by atoms with Crippen LogP contribution in [-0.2, 0) is 0 Å². The van der Waals surface area contributed by atoms with E-state index in [4.69, 9.17) is 4.99 Å². The minimum absolute atomic E-state index is 0.498. The molecule has 1 aromatic rings. The summed E-state index contributed by atoms with van der Waals surface area (Å²) in [6.07, 6.45) is 2.70. The zero-order valence-corrected chi connectivity index (χ0v) is 15.1. The van der Waals surface area contributed by atoms with Gasteiger partial charge >= 0.3 is 0 Å². The van der Waals surface area contributed by atoms with Crippen LogP contribution in [0.5, 0.6) is 0 Å². The molecule has 2 atom stereocenters. The van der Waals surface area contributed by atoms with Crippen molar-refractivity contribution in [3.8, 4) is 0 Å². The summed E-state index contributed by atoms with van der Waals surface area (Å²) in [5.74, 6) is 1.44. The Hall–Kier alpha value is -1.07. The molecule has 1 saturated carbocycles. The van der Waals surface area contributed by atoms with E-state index in [9.17, 15) is 0 Å². The molecule has 0 bridgehead atoms. The SMILES string of the molecule is CCNC(=NCC(C)N(C)C1CC1)NCC(C)c1cccs1. The molecule has 0 amide bonds. The first kappa shape index (κ1) is 17.3. The predicted molar refractivity (Wildman–Crippen MR) is 97.0 cm³/mol. The summed E-state index contributed by atoms with van der Waals surface area (Å²) in [4.78, 5) is 8.64. The molecule has 0 radical (unpaired) electrons. The monoisotopic (exact) mass is 322 g/mol. The third kappa shape index (κ3) is 5.29. The van der Waals surface area contributed by atoms with E-state index in [2.05, 4.69) is 60.9 Å². The average molecular weight is 323 g/mol. The van der Waals surface area contributed by atoms with Gasteiger partial charge in [-0.3, -0.25) is 9.89 Å². The van der Waals surface area contributed by atoms with Crippen LogP contribution < -0.4 is 10.6 Å². The van der Waals surface area contributed by atoms with Gasteiger partial charge in [0.05, 0.1) is 6.54 Å². The molecule has 5 heteroatoms. The van der Waals surface area contributed by atoms with Crippen LogP contribution in [0, 0.1) is 0 Å². The minimum atomic E-state index is 0.498. The molecule has 1 aromatic heterocycles. The van der Waals surface area contributed by atoms with Gasteiger partial charge in [0.15, 0.2) is 5.96 Å². The fraction of sp³-hybridized carbons (Fsp3) is 0.706. The summed E-state index contributed by atoms with van der Waals surface area (Å²) in [5.41, 5.74) is 0. The maximum absolute atomic E-state index is 4.75. The first-order valence-corrected chi connectivity index (χ1v) is 9.27. The average Bonchev–Trinajstić information content (AvgIpc) is 3.22. The van der Waals surface area contributed by atoms with Gasteiger partial charge in [0, 0.05) is 36.0 Å². The molecule has 0 saturated heterocycles. The van der Waals surface area contributed by atoms with E-state index in [-0.39, 0.29) is 0 Å².